The minimum absolute atomic E-state index is 0.236. The third-order valence-corrected chi connectivity index (χ3v) is 2.20. The zero-order chi connectivity index (χ0) is 12.3. The third kappa shape index (κ3) is 2.91. The molecule has 0 amide bonds. The number of nitrogens with one attached hydrogen (secondary N) is 1. The first-order chi connectivity index (χ1) is 8.15. The Morgan fingerprint density at radius 2 is 2.29 bits per heavy atom. The van der Waals surface area contributed by atoms with Crippen LogP contribution >= 0.6 is 0 Å². The second-order valence-corrected chi connectivity index (χ2v) is 3.58. The van der Waals surface area contributed by atoms with Crippen LogP contribution in [0.3, 0.4) is 0 Å². The van der Waals surface area contributed by atoms with Gasteiger partial charge in [0.25, 0.3) is 0 Å². The molecule has 0 spiro atoms. The minimum Gasteiger partial charge on any atom is -0.404 e. The number of furan rings is 1. The standard InChI is InChI=1S/C10H12N4O3/c1-13-5-4-8(12-13)6-11-7-9-2-3-10(17-9)14(15)16/h2-5,11H,6-7H2,1H3. The summed E-state index contributed by atoms with van der Waals surface area (Å²) in [7, 11) is 1.85. The van der Waals surface area contributed by atoms with E-state index in [-0.39, 0.29) is 5.88 Å². The van der Waals surface area contributed by atoms with Gasteiger partial charge in [-0.1, -0.05) is 0 Å². The second-order valence-electron chi connectivity index (χ2n) is 3.58. The van der Waals surface area contributed by atoms with Crippen molar-refractivity contribution in [3.05, 3.63) is 46.0 Å². The molecule has 90 valence electrons. The number of rotatable bonds is 5. The molecule has 0 aliphatic rings. The molecule has 0 saturated carbocycles. The molecule has 0 fully saturated rings. The summed E-state index contributed by atoms with van der Waals surface area (Å²) in [6, 6.07) is 4.83. The Labute approximate surface area is 97.2 Å². The van der Waals surface area contributed by atoms with E-state index in [1.165, 1.54) is 6.07 Å². The van der Waals surface area contributed by atoms with Gasteiger partial charge in [0.2, 0.25) is 0 Å². The fraction of sp³-hybridized carbons (Fsp3) is 0.300. The molecule has 0 saturated heterocycles. The van der Waals surface area contributed by atoms with Gasteiger partial charge in [-0.3, -0.25) is 14.8 Å². The van der Waals surface area contributed by atoms with Crippen LogP contribution in [0.5, 0.6) is 0 Å². The average Bonchev–Trinajstić information content (AvgIpc) is 2.88. The van der Waals surface area contributed by atoms with Crippen LogP contribution in [0, 0.1) is 10.1 Å². The highest BCUT2D eigenvalue weighted by Crippen LogP contribution is 2.15. The molecule has 0 bridgehead atoms. The zero-order valence-electron chi connectivity index (χ0n) is 9.29. The summed E-state index contributed by atoms with van der Waals surface area (Å²) in [5, 5.41) is 17.7. The number of hydrogen-bond acceptors (Lipinski definition) is 5. The zero-order valence-corrected chi connectivity index (χ0v) is 9.29. The molecule has 17 heavy (non-hydrogen) atoms. The lowest BCUT2D eigenvalue weighted by atomic mass is 10.4. The fourth-order valence-corrected chi connectivity index (χ4v) is 1.43. The van der Waals surface area contributed by atoms with Gasteiger partial charge in [0.1, 0.15) is 10.7 Å². The lowest BCUT2D eigenvalue weighted by molar-refractivity contribution is -0.402. The minimum atomic E-state index is -0.553. The first-order valence-corrected chi connectivity index (χ1v) is 5.07. The molecular weight excluding hydrogens is 224 g/mol. The molecule has 0 atom stereocenters. The SMILES string of the molecule is Cn1ccc(CNCc2ccc([N+](=O)[O-])o2)n1. The van der Waals surface area contributed by atoms with Crippen LogP contribution in [0.2, 0.25) is 0 Å². The van der Waals surface area contributed by atoms with Crippen LogP contribution < -0.4 is 5.32 Å². The van der Waals surface area contributed by atoms with Gasteiger partial charge < -0.3 is 9.73 Å². The topological polar surface area (TPSA) is 86.1 Å². The van der Waals surface area contributed by atoms with Gasteiger partial charge in [-0.25, -0.2) is 0 Å². The number of aryl methyl sites for hydroxylation is 1. The second kappa shape index (κ2) is 4.79. The Balaban J connectivity index is 1.83. The molecule has 0 aliphatic heterocycles. The summed E-state index contributed by atoms with van der Waals surface area (Å²) in [6.07, 6.45) is 1.86. The van der Waals surface area contributed by atoms with E-state index in [1.54, 1.807) is 10.7 Å². The highest BCUT2D eigenvalue weighted by molar-refractivity contribution is 5.17. The molecule has 0 aliphatic carbocycles. The van der Waals surface area contributed by atoms with Crippen molar-refractivity contribution in [3.63, 3.8) is 0 Å². The molecular formula is C10H12N4O3. The maximum Gasteiger partial charge on any atom is 0.433 e. The molecule has 2 rings (SSSR count). The molecule has 7 heteroatoms. The van der Waals surface area contributed by atoms with E-state index in [9.17, 15) is 10.1 Å². The van der Waals surface area contributed by atoms with Crippen molar-refractivity contribution in [1.82, 2.24) is 15.1 Å². The summed E-state index contributed by atoms with van der Waals surface area (Å²) >= 11 is 0. The van der Waals surface area contributed by atoms with Crippen molar-refractivity contribution in [2.24, 2.45) is 7.05 Å². The predicted octanol–water partition coefficient (Wildman–Crippen LogP) is 1.21. The summed E-state index contributed by atoms with van der Waals surface area (Å²) in [5.41, 5.74) is 0.911. The van der Waals surface area contributed by atoms with Crippen molar-refractivity contribution in [2.45, 2.75) is 13.1 Å². The summed E-state index contributed by atoms with van der Waals surface area (Å²) < 4.78 is 6.72. The quantitative estimate of drug-likeness (QED) is 0.622. The monoisotopic (exact) mass is 236 g/mol. The van der Waals surface area contributed by atoms with E-state index < -0.39 is 4.92 Å². The smallest absolute Gasteiger partial charge is 0.404 e. The number of nitro groups is 1. The van der Waals surface area contributed by atoms with Crippen LogP contribution in [0.1, 0.15) is 11.5 Å². The average molecular weight is 236 g/mol. The molecule has 0 aromatic carbocycles. The van der Waals surface area contributed by atoms with Gasteiger partial charge in [0.15, 0.2) is 0 Å². The normalized spacial score (nSPS) is 10.6. The molecule has 7 nitrogen and oxygen atoms in total. The summed E-state index contributed by atoms with van der Waals surface area (Å²) in [6.45, 7) is 1.03. The first kappa shape index (κ1) is 11.3. The van der Waals surface area contributed by atoms with E-state index in [0.29, 0.717) is 18.8 Å². The number of hydrogen-bond donors (Lipinski definition) is 1. The predicted molar refractivity (Wildman–Crippen MR) is 59.1 cm³/mol. The Morgan fingerprint density at radius 3 is 2.88 bits per heavy atom. The Morgan fingerprint density at radius 1 is 1.47 bits per heavy atom. The lowest BCUT2D eigenvalue weighted by Gasteiger charge is -1.98. The van der Waals surface area contributed by atoms with Crippen LogP contribution in [-0.4, -0.2) is 14.7 Å². The maximum absolute atomic E-state index is 10.4. The van der Waals surface area contributed by atoms with E-state index in [0.717, 1.165) is 5.69 Å². The lowest BCUT2D eigenvalue weighted by Crippen LogP contribution is -2.12. The summed E-state index contributed by atoms with van der Waals surface area (Å²) in [4.78, 5) is 9.84. The van der Waals surface area contributed by atoms with Crippen LogP contribution in [-0.2, 0) is 20.1 Å². The number of nitrogens with zero attached hydrogens (tertiary/aromatic N) is 3. The van der Waals surface area contributed by atoms with Gasteiger partial charge >= 0.3 is 5.88 Å². The first-order valence-electron chi connectivity index (χ1n) is 5.07. The van der Waals surface area contributed by atoms with Gasteiger partial charge in [-0.05, 0) is 12.1 Å². The molecule has 1 N–H and O–H groups in total. The van der Waals surface area contributed by atoms with Gasteiger partial charge in [0.05, 0.1) is 18.3 Å². The van der Waals surface area contributed by atoms with E-state index in [4.69, 9.17) is 4.42 Å². The maximum atomic E-state index is 10.4. The van der Waals surface area contributed by atoms with E-state index in [2.05, 4.69) is 10.4 Å². The Kier molecular flexibility index (Phi) is 3.20. The van der Waals surface area contributed by atoms with Gasteiger partial charge in [-0.2, -0.15) is 5.10 Å². The van der Waals surface area contributed by atoms with Crippen LogP contribution in [0.25, 0.3) is 0 Å². The summed E-state index contributed by atoms with van der Waals surface area (Å²) in [5.74, 6) is 0.298. The van der Waals surface area contributed by atoms with Crippen molar-refractivity contribution < 1.29 is 9.34 Å². The van der Waals surface area contributed by atoms with Crippen molar-refractivity contribution >= 4 is 5.88 Å². The van der Waals surface area contributed by atoms with Crippen molar-refractivity contribution in [3.8, 4) is 0 Å². The van der Waals surface area contributed by atoms with Crippen molar-refractivity contribution in [2.75, 3.05) is 0 Å². The van der Waals surface area contributed by atoms with Crippen molar-refractivity contribution in [1.29, 1.82) is 0 Å². The highest BCUT2D eigenvalue weighted by atomic mass is 16.6. The number of aromatic nitrogens is 2. The van der Waals surface area contributed by atoms with E-state index in [1.807, 2.05) is 19.3 Å². The fourth-order valence-electron chi connectivity index (χ4n) is 1.43. The molecule has 2 aromatic heterocycles. The Bertz CT molecular complexity index is 517. The Hall–Kier alpha value is -2.15. The van der Waals surface area contributed by atoms with E-state index >= 15 is 0 Å². The highest BCUT2D eigenvalue weighted by Gasteiger charge is 2.11. The molecule has 0 unspecified atom stereocenters. The molecule has 0 radical (unpaired) electrons. The third-order valence-electron chi connectivity index (χ3n) is 2.20. The van der Waals surface area contributed by atoms with Gasteiger partial charge in [0, 0.05) is 19.8 Å². The van der Waals surface area contributed by atoms with Crippen LogP contribution in [0.4, 0.5) is 5.88 Å². The van der Waals surface area contributed by atoms with Gasteiger partial charge in [-0.15, -0.1) is 0 Å². The molecule has 2 heterocycles. The largest absolute Gasteiger partial charge is 0.433 e. The molecule has 2 aromatic rings. The van der Waals surface area contributed by atoms with Crippen LogP contribution in [0.15, 0.2) is 28.8 Å².